The van der Waals surface area contributed by atoms with Crippen LogP contribution in [0.4, 0.5) is 5.82 Å². The van der Waals surface area contributed by atoms with Gasteiger partial charge in [0.1, 0.15) is 5.52 Å². The third-order valence-corrected chi connectivity index (χ3v) is 4.46. The van der Waals surface area contributed by atoms with Crippen molar-refractivity contribution in [3.8, 4) is 0 Å². The summed E-state index contributed by atoms with van der Waals surface area (Å²) in [7, 11) is 0. The molecule has 7 heteroatoms. The average molecular weight is 309 g/mol. The van der Waals surface area contributed by atoms with E-state index in [1.165, 1.54) is 5.56 Å². The van der Waals surface area contributed by atoms with E-state index in [1.807, 2.05) is 12.3 Å². The summed E-state index contributed by atoms with van der Waals surface area (Å²) in [4.78, 5) is 23.2. The summed E-state index contributed by atoms with van der Waals surface area (Å²) in [6.07, 6.45) is 5.60. The molecule has 1 aliphatic rings. The number of aromatic amines is 1. The van der Waals surface area contributed by atoms with Gasteiger partial charge < -0.3 is 10.7 Å². The minimum atomic E-state index is 0.166. The van der Waals surface area contributed by atoms with E-state index in [9.17, 15) is 0 Å². The summed E-state index contributed by atoms with van der Waals surface area (Å²) in [5, 5.41) is 0. The number of anilines is 1. The summed E-state index contributed by atoms with van der Waals surface area (Å²) < 4.78 is 0. The predicted molar refractivity (Wildman–Crippen MR) is 87.5 cm³/mol. The highest BCUT2D eigenvalue weighted by Crippen LogP contribution is 2.32. The number of rotatable bonds is 3. The predicted octanol–water partition coefficient (Wildman–Crippen LogP) is 1.98. The van der Waals surface area contributed by atoms with Gasteiger partial charge in [0.2, 0.25) is 0 Å². The number of likely N-dealkylation sites (tertiary alicyclic amines) is 1. The molecule has 0 aromatic carbocycles. The molecule has 0 spiro atoms. The van der Waals surface area contributed by atoms with Gasteiger partial charge in [0.15, 0.2) is 17.3 Å². The third-order valence-electron chi connectivity index (χ3n) is 4.46. The second kappa shape index (κ2) is 5.58. The molecule has 3 N–H and O–H groups in total. The van der Waals surface area contributed by atoms with Crippen molar-refractivity contribution in [2.24, 2.45) is 0 Å². The Morgan fingerprint density at radius 2 is 2.26 bits per heavy atom. The van der Waals surface area contributed by atoms with Gasteiger partial charge in [-0.05, 0) is 37.9 Å². The van der Waals surface area contributed by atoms with Gasteiger partial charge in [-0.2, -0.15) is 0 Å². The van der Waals surface area contributed by atoms with Gasteiger partial charge in [0, 0.05) is 12.7 Å². The first-order valence-electron chi connectivity index (χ1n) is 7.83. The van der Waals surface area contributed by atoms with E-state index in [0.29, 0.717) is 17.0 Å². The van der Waals surface area contributed by atoms with Gasteiger partial charge in [-0.3, -0.25) is 9.88 Å². The normalized spacial score (nSPS) is 18.7. The van der Waals surface area contributed by atoms with Gasteiger partial charge in [-0.1, -0.05) is 6.07 Å². The Morgan fingerprint density at radius 3 is 3.13 bits per heavy atom. The summed E-state index contributed by atoms with van der Waals surface area (Å²) in [5.74, 6) is 1.22. The fourth-order valence-electron chi connectivity index (χ4n) is 3.21. The number of H-pyrrole nitrogens is 1. The molecule has 1 unspecified atom stereocenters. The maximum Gasteiger partial charge on any atom is 0.183 e. The Labute approximate surface area is 134 Å². The number of pyridine rings is 1. The molecule has 0 bridgehead atoms. The highest BCUT2D eigenvalue weighted by molar-refractivity contribution is 5.80. The molecule has 1 aliphatic heterocycles. The van der Waals surface area contributed by atoms with Crippen molar-refractivity contribution in [1.29, 1.82) is 0 Å². The largest absolute Gasteiger partial charge is 0.382 e. The van der Waals surface area contributed by atoms with Crippen LogP contribution in [0, 0.1) is 6.92 Å². The zero-order chi connectivity index (χ0) is 15.8. The zero-order valence-electron chi connectivity index (χ0n) is 13.0. The quantitative estimate of drug-likeness (QED) is 0.768. The van der Waals surface area contributed by atoms with E-state index in [2.05, 4.69) is 42.8 Å². The molecule has 0 aliphatic carbocycles. The molecular weight excluding hydrogens is 290 g/mol. The van der Waals surface area contributed by atoms with Crippen LogP contribution >= 0.6 is 0 Å². The van der Waals surface area contributed by atoms with E-state index >= 15 is 0 Å². The van der Waals surface area contributed by atoms with Crippen LogP contribution in [0.15, 0.2) is 24.7 Å². The molecule has 1 fully saturated rings. The number of hydrogen-bond donors (Lipinski definition) is 2. The molecular formula is C16H19N7. The van der Waals surface area contributed by atoms with Gasteiger partial charge in [0.05, 0.1) is 18.1 Å². The fourth-order valence-corrected chi connectivity index (χ4v) is 3.21. The zero-order valence-corrected chi connectivity index (χ0v) is 13.0. The fraction of sp³-hybridized carbons (Fsp3) is 0.375. The number of nitrogens with one attached hydrogen (secondary N) is 1. The minimum absolute atomic E-state index is 0.166. The van der Waals surface area contributed by atoms with E-state index in [0.717, 1.165) is 37.4 Å². The van der Waals surface area contributed by atoms with Crippen molar-refractivity contribution in [1.82, 2.24) is 29.8 Å². The summed E-state index contributed by atoms with van der Waals surface area (Å²) in [6, 6.07) is 4.23. The number of nitrogens with zero attached hydrogens (tertiary/aromatic N) is 5. The van der Waals surface area contributed by atoms with Crippen LogP contribution in [0.5, 0.6) is 0 Å². The Balaban J connectivity index is 1.65. The Kier molecular flexibility index (Phi) is 3.42. The topological polar surface area (TPSA) is 96.6 Å². The standard InChI is InChI=1S/C16H19N7/c1-10-4-2-6-18-11(10)8-23-7-3-5-12(23)15-21-14(17)13-16(22-15)20-9-19-13/h2,4,6,9,12H,3,5,7-8H2,1H3,(H3,17,19,20,21,22). The first-order chi connectivity index (χ1) is 11.2. The van der Waals surface area contributed by atoms with E-state index in [4.69, 9.17) is 5.73 Å². The van der Waals surface area contributed by atoms with Crippen LogP contribution in [-0.2, 0) is 6.54 Å². The second-order valence-electron chi connectivity index (χ2n) is 5.96. The van der Waals surface area contributed by atoms with Crippen molar-refractivity contribution in [3.05, 3.63) is 41.7 Å². The van der Waals surface area contributed by atoms with E-state index in [1.54, 1.807) is 6.33 Å². The van der Waals surface area contributed by atoms with Crippen LogP contribution in [0.1, 0.15) is 36.0 Å². The van der Waals surface area contributed by atoms with Crippen LogP contribution < -0.4 is 5.73 Å². The molecule has 1 atom stereocenters. The van der Waals surface area contributed by atoms with Crippen LogP contribution in [0.25, 0.3) is 11.2 Å². The van der Waals surface area contributed by atoms with E-state index < -0.39 is 0 Å². The highest BCUT2D eigenvalue weighted by atomic mass is 15.2. The molecule has 3 aromatic heterocycles. The lowest BCUT2D eigenvalue weighted by molar-refractivity contribution is 0.237. The lowest BCUT2D eigenvalue weighted by atomic mass is 10.1. The lowest BCUT2D eigenvalue weighted by Crippen LogP contribution is -2.25. The second-order valence-corrected chi connectivity index (χ2v) is 5.96. The number of aromatic nitrogens is 5. The number of aryl methyl sites for hydroxylation is 1. The van der Waals surface area contributed by atoms with Crippen LogP contribution in [0.2, 0.25) is 0 Å². The first kappa shape index (κ1) is 14.1. The summed E-state index contributed by atoms with van der Waals surface area (Å²) >= 11 is 0. The van der Waals surface area contributed by atoms with Gasteiger partial charge in [0.25, 0.3) is 0 Å². The van der Waals surface area contributed by atoms with Crippen molar-refractivity contribution in [2.75, 3.05) is 12.3 Å². The Bertz CT molecular complexity index is 841. The van der Waals surface area contributed by atoms with Crippen molar-refractivity contribution in [2.45, 2.75) is 32.4 Å². The SMILES string of the molecule is Cc1cccnc1CN1CCCC1c1nc(N)c2[nH]cnc2n1. The minimum Gasteiger partial charge on any atom is -0.382 e. The van der Waals surface area contributed by atoms with Crippen LogP contribution in [0.3, 0.4) is 0 Å². The highest BCUT2D eigenvalue weighted by Gasteiger charge is 2.29. The molecule has 118 valence electrons. The molecule has 3 aromatic rings. The molecule has 4 heterocycles. The first-order valence-corrected chi connectivity index (χ1v) is 7.83. The molecule has 0 radical (unpaired) electrons. The molecule has 7 nitrogen and oxygen atoms in total. The maximum absolute atomic E-state index is 6.04. The smallest absolute Gasteiger partial charge is 0.183 e. The molecule has 0 amide bonds. The number of imidazole rings is 1. The summed E-state index contributed by atoms with van der Waals surface area (Å²) in [6.45, 7) is 3.92. The van der Waals surface area contributed by atoms with Crippen molar-refractivity contribution < 1.29 is 0 Å². The number of fused-ring (bicyclic) bond motifs is 1. The monoisotopic (exact) mass is 309 g/mol. The summed E-state index contributed by atoms with van der Waals surface area (Å²) in [5.41, 5.74) is 9.69. The Morgan fingerprint density at radius 1 is 1.35 bits per heavy atom. The van der Waals surface area contributed by atoms with Crippen molar-refractivity contribution in [3.63, 3.8) is 0 Å². The number of hydrogen-bond acceptors (Lipinski definition) is 6. The van der Waals surface area contributed by atoms with Gasteiger partial charge >= 0.3 is 0 Å². The molecule has 23 heavy (non-hydrogen) atoms. The average Bonchev–Trinajstić information content (AvgIpc) is 3.18. The number of nitrogens with two attached hydrogens (primary N) is 1. The Hall–Kier alpha value is -2.54. The molecule has 0 saturated carbocycles. The lowest BCUT2D eigenvalue weighted by Gasteiger charge is -2.23. The number of nitrogen functional groups attached to an aromatic ring is 1. The molecule has 1 saturated heterocycles. The van der Waals surface area contributed by atoms with E-state index in [-0.39, 0.29) is 6.04 Å². The van der Waals surface area contributed by atoms with Gasteiger partial charge in [-0.25, -0.2) is 15.0 Å². The third kappa shape index (κ3) is 2.53. The van der Waals surface area contributed by atoms with Crippen LogP contribution in [-0.4, -0.2) is 36.4 Å². The van der Waals surface area contributed by atoms with Crippen molar-refractivity contribution >= 4 is 17.0 Å². The molecule has 4 rings (SSSR count). The maximum atomic E-state index is 6.04. The van der Waals surface area contributed by atoms with Gasteiger partial charge in [-0.15, -0.1) is 0 Å².